The highest BCUT2D eigenvalue weighted by Crippen LogP contribution is 2.18. The second-order valence-corrected chi connectivity index (χ2v) is 8.51. The van der Waals surface area contributed by atoms with Crippen molar-refractivity contribution < 1.29 is 13.2 Å². The van der Waals surface area contributed by atoms with Crippen molar-refractivity contribution in [3.05, 3.63) is 24.3 Å². The maximum Gasteiger partial charge on any atom is 0.225 e. The lowest BCUT2D eigenvalue weighted by Crippen LogP contribution is -2.35. The first kappa shape index (κ1) is 17.7. The van der Waals surface area contributed by atoms with E-state index in [1.165, 1.54) is 0 Å². The summed E-state index contributed by atoms with van der Waals surface area (Å²) >= 11 is 0. The van der Waals surface area contributed by atoms with Gasteiger partial charge in [0.05, 0.1) is 11.5 Å². The van der Waals surface area contributed by atoms with Crippen LogP contribution in [0.4, 0.5) is 11.4 Å². The smallest absolute Gasteiger partial charge is 0.225 e. The van der Waals surface area contributed by atoms with Gasteiger partial charge in [-0.1, -0.05) is 0 Å². The summed E-state index contributed by atoms with van der Waals surface area (Å²) < 4.78 is 23.0. The Labute approximate surface area is 138 Å². The largest absolute Gasteiger partial charge is 0.378 e. The van der Waals surface area contributed by atoms with Crippen molar-refractivity contribution in [3.8, 4) is 0 Å². The molecule has 23 heavy (non-hydrogen) atoms. The number of nitrogens with one attached hydrogen (secondary N) is 1. The number of nitrogens with zero attached hydrogens (tertiary/aromatic N) is 2. The zero-order valence-electron chi connectivity index (χ0n) is 13.9. The van der Waals surface area contributed by atoms with Gasteiger partial charge in [-0.25, -0.2) is 8.42 Å². The maximum absolute atomic E-state index is 12.0. The molecule has 128 valence electrons. The van der Waals surface area contributed by atoms with Crippen LogP contribution in [0.25, 0.3) is 0 Å². The van der Waals surface area contributed by atoms with Crippen LogP contribution in [0.3, 0.4) is 0 Å². The Kier molecular flexibility index (Phi) is 5.64. The van der Waals surface area contributed by atoms with Crippen molar-refractivity contribution in [1.29, 1.82) is 0 Å². The lowest BCUT2D eigenvalue weighted by atomic mass is 10.2. The maximum atomic E-state index is 12.0. The average molecular weight is 339 g/mol. The minimum atomic E-state index is -2.88. The molecule has 1 heterocycles. The van der Waals surface area contributed by atoms with E-state index in [0.717, 1.165) is 11.4 Å². The van der Waals surface area contributed by atoms with Gasteiger partial charge in [-0.05, 0) is 37.7 Å². The summed E-state index contributed by atoms with van der Waals surface area (Å²) in [5.74, 6) is 0.402. The van der Waals surface area contributed by atoms with Crippen molar-refractivity contribution in [3.63, 3.8) is 0 Å². The van der Waals surface area contributed by atoms with E-state index < -0.39 is 9.84 Å². The molecular formula is C16H25N3O3S. The lowest BCUT2D eigenvalue weighted by molar-refractivity contribution is -0.116. The minimum Gasteiger partial charge on any atom is -0.378 e. The Balaban J connectivity index is 1.78. The molecule has 7 heteroatoms. The van der Waals surface area contributed by atoms with Gasteiger partial charge in [0.25, 0.3) is 0 Å². The molecule has 1 aromatic rings. The molecule has 0 radical (unpaired) electrons. The van der Waals surface area contributed by atoms with Gasteiger partial charge in [0.15, 0.2) is 9.84 Å². The molecule has 2 rings (SSSR count). The van der Waals surface area contributed by atoms with Gasteiger partial charge < -0.3 is 15.1 Å². The van der Waals surface area contributed by atoms with E-state index in [9.17, 15) is 13.2 Å². The molecule has 0 bridgehead atoms. The molecule has 6 nitrogen and oxygen atoms in total. The van der Waals surface area contributed by atoms with E-state index in [-0.39, 0.29) is 23.5 Å². The standard InChI is InChI=1S/C16H25N3O3S/c1-18(2)14-6-4-13(5-7-14)17-16(20)8-10-19(3)15-9-11-23(21,22)12-15/h4-7,15H,8-12H2,1-3H3,(H,17,20). The van der Waals surface area contributed by atoms with Gasteiger partial charge >= 0.3 is 0 Å². The van der Waals surface area contributed by atoms with Crippen molar-refractivity contribution in [2.75, 3.05) is 49.4 Å². The summed E-state index contributed by atoms with van der Waals surface area (Å²) in [6.45, 7) is 0.557. The van der Waals surface area contributed by atoms with E-state index >= 15 is 0 Å². The molecule has 1 N–H and O–H groups in total. The molecule has 0 aliphatic carbocycles. The van der Waals surface area contributed by atoms with E-state index in [4.69, 9.17) is 0 Å². The van der Waals surface area contributed by atoms with Gasteiger partial charge in [-0.15, -0.1) is 0 Å². The predicted molar refractivity (Wildman–Crippen MR) is 93.7 cm³/mol. The molecule has 0 saturated carbocycles. The monoisotopic (exact) mass is 339 g/mol. The molecule has 1 fully saturated rings. The van der Waals surface area contributed by atoms with Crippen molar-refractivity contribution in [2.45, 2.75) is 18.9 Å². The third-order valence-corrected chi connectivity index (χ3v) is 5.94. The van der Waals surface area contributed by atoms with Crippen LogP contribution in [0, 0.1) is 0 Å². The first-order valence-electron chi connectivity index (χ1n) is 7.75. The zero-order chi connectivity index (χ0) is 17.0. The summed E-state index contributed by atoms with van der Waals surface area (Å²) in [6.07, 6.45) is 1.01. The second kappa shape index (κ2) is 7.31. The van der Waals surface area contributed by atoms with Crippen LogP contribution < -0.4 is 10.2 Å². The fourth-order valence-electron chi connectivity index (χ4n) is 2.65. The average Bonchev–Trinajstić information content (AvgIpc) is 2.85. The quantitative estimate of drug-likeness (QED) is 0.843. The van der Waals surface area contributed by atoms with Crippen LogP contribution >= 0.6 is 0 Å². The third-order valence-electron chi connectivity index (χ3n) is 4.19. The number of hydrogen-bond donors (Lipinski definition) is 1. The molecule has 1 aliphatic rings. The summed E-state index contributed by atoms with van der Waals surface area (Å²) in [6, 6.07) is 7.68. The van der Waals surface area contributed by atoms with Gasteiger partial charge in [-0.2, -0.15) is 0 Å². The molecule has 1 aromatic carbocycles. The SMILES string of the molecule is CN(C)c1ccc(NC(=O)CCN(C)C2CCS(=O)(=O)C2)cc1. The molecule has 1 unspecified atom stereocenters. The van der Waals surface area contributed by atoms with Crippen LogP contribution in [-0.2, 0) is 14.6 Å². The number of anilines is 2. The second-order valence-electron chi connectivity index (χ2n) is 6.28. The number of benzene rings is 1. The lowest BCUT2D eigenvalue weighted by Gasteiger charge is -2.22. The van der Waals surface area contributed by atoms with Gasteiger partial charge in [0.2, 0.25) is 5.91 Å². The zero-order valence-corrected chi connectivity index (χ0v) is 14.8. The first-order chi connectivity index (χ1) is 10.8. The van der Waals surface area contributed by atoms with E-state index in [2.05, 4.69) is 5.32 Å². The first-order valence-corrected chi connectivity index (χ1v) is 9.57. The topological polar surface area (TPSA) is 69.7 Å². The number of amides is 1. The van der Waals surface area contributed by atoms with Crippen molar-refractivity contribution in [1.82, 2.24) is 4.90 Å². The predicted octanol–water partition coefficient (Wildman–Crippen LogP) is 1.20. The highest BCUT2D eigenvalue weighted by molar-refractivity contribution is 7.91. The molecule has 0 aromatic heterocycles. The van der Waals surface area contributed by atoms with Crippen LogP contribution in [-0.4, -0.2) is 64.5 Å². The minimum absolute atomic E-state index is 0.0344. The van der Waals surface area contributed by atoms with Crippen LogP contribution in [0.2, 0.25) is 0 Å². The Bertz CT molecular complexity index is 641. The molecule has 1 atom stereocenters. The Morgan fingerprint density at radius 2 is 1.87 bits per heavy atom. The third kappa shape index (κ3) is 5.21. The van der Waals surface area contributed by atoms with E-state index in [1.807, 2.05) is 55.2 Å². The highest BCUT2D eigenvalue weighted by Gasteiger charge is 2.30. The van der Waals surface area contributed by atoms with Crippen molar-refractivity contribution >= 4 is 27.1 Å². The van der Waals surface area contributed by atoms with E-state index in [1.54, 1.807) is 0 Å². The van der Waals surface area contributed by atoms with E-state index in [0.29, 0.717) is 19.4 Å². The molecule has 0 spiro atoms. The van der Waals surface area contributed by atoms with Crippen LogP contribution in [0.15, 0.2) is 24.3 Å². The van der Waals surface area contributed by atoms with Crippen molar-refractivity contribution in [2.24, 2.45) is 0 Å². The summed E-state index contributed by atoms with van der Waals surface area (Å²) in [5, 5.41) is 2.87. The summed E-state index contributed by atoms with van der Waals surface area (Å²) in [4.78, 5) is 16.0. The van der Waals surface area contributed by atoms with Gasteiger partial charge in [0.1, 0.15) is 0 Å². The fraction of sp³-hybridized carbons (Fsp3) is 0.562. The Hall–Kier alpha value is -1.60. The normalized spacial score (nSPS) is 19.7. The molecular weight excluding hydrogens is 314 g/mol. The summed E-state index contributed by atoms with van der Waals surface area (Å²) in [7, 11) is 2.92. The number of carbonyl (C=O) groups is 1. The van der Waals surface area contributed by atoms with Gasteiger partial charge in [0, 0.05) is 44.5 Å². The molecule has 1 aliphatic heterocycles. The number of hydrogen-bond acceptors (Lipinski definition) is 5. The van der Waals surface area contributed by atoms with Crippen LogP contribution in [0.1, 0.15) is 12.8 Å². The van der Waals surface area contributed by atoms with Crippen LogP contribution in [0.5, 0.6) is 0 Å². The fourth-order valence-corrected chi connectivity index (χ4v) is 4.46. The number of sulfone groups is 1. The number of rotatable bonds is 6. The summed E-state index contributed by atoms with van der Waals surface area (Å²) in [5.41, 5.74) is 1.84. The Morgan fingerprint density at radius 1 is 1.22 bits per heavy atom. The Morgan fingerprint density at radius 3 is 2.39 bits per heavy atom. The highest BCUT2D eigenvalue weighted by atomic mass is 32.2. The van der Waals surface area contributed by atoms with Gasteiger partial charge in [-0.3, -0.25) is 4.79 Å². The molecule has 1 saturated heterocycles. The number of carbonyl (C=O) groups excluding carboxylic acids is 1. The molecule has 1 amide bonds.